The van der Waals surface area contributed by atoms with Crippen molar-refractivity contribution in [3.05, 3.63) is 53.9 Å². The number of benzene rings is 1. The van der Waals surface area contributed by atoms with Gasteiger partial charge in [0.2, 0.25) is 0 Å². The van der Waals surface area contributed by atoms with Crippen LogP contribution in [0.3, 0.4) is 0 Å². The van der Waals surface area contributed by atoms with E-state index in [0.29, 0.717) is 6.04 Å². The molecule has 0 radical (unpaired) electrons. The van der Waals surface area contributed by atoms with Gasteiger partial charge >= 0.3 is 0 Å². The maximum absolute atomic E-state index is 9.51. The molecule has 1 aromatic heterocycles. The van der Waals surface area contributed by atoms with Crippen LogP contribution in [-0.4, -0.2) is 15.8 Å². The van der Waals surface area contributed by atoms with E-state index in [1.54, 1.807) is 4.68 Å². The maximum Gasteiger partial charge on any atom is 0.0852 e. The summed E-state index contributed by atoms with van der Waals surface area (Å²) in [6.45, 7) is 0.814. The average Bonchev–Trinajstić information content (AvgIpc) is 2.85. The minimum absolute atomic E-state index is 0.298. The molecular weight excluding hydrogens is 248 g/mol. The molecule has 1 N–H and O–H groups in total. The number of aromatic nitrogens is 2. The fraction of sp³-hybridized carbons (Fsp3) is 0.375. The van der Waals surface area contributed by atoms with Crippen molar-refractivity contribution < 1.29 is 0 Å². The van der Waals surface area contributed by atoms with E-state index < -0.39 is 0 Å². The van der Waals surface area contributed by atoms with E-state index in [0.717, 1.165) is 24.9 Å². The second-order valence-electron chi connectivity index (χ2n) is 5.57. The number of rotatable bonds is 4. The Balaban J connectivity index is 1.58. The Morgan fingerprint density at radius 2 is 2.15 bits per heavy atom. The fourth-order valence-electron chi connectivity index (χ4n) is 2.90. The van der Waals surface area contributed by atoms with Crippen LogP contribution < -0.4 is 5.32 Å². The van der Waals surface area contributed by atoms with Crippen molar-refractivity contribution in [2.45, 2.75) is 30.8 Å². The molecule has 20 heavy (non-hydrogen) atoms. The number of nitriles is 1. The quantitative estimate of drug-likeness (QED) is 0.922. The van der Waals surface area contributed by atoms with Gasteiger partial charge in [0.05, 0.1) is 17.7 Å². The standard InChI is InChI=1S/C16H18N4/c1-20-11-13(10-19-20)9-18-15-7-16(8-15,12-17)14-5-3-2-4-6-14/h2-6,10-11,15,18H,7-9H2,1H3. The van der Waals surface area contributed by atoms with Crippen LogP contribution in [0.4, 0.5) is 0 Å². The van der Waals surface area contributed by atoms with Crippen LogP contribution in [0, 0.1) is 11.3 Å². The van der Waals surface area contributed by atoms with Crippen LogP contribution in [0.2, 0.25) is 0 Å². The summed E-state index contributed by atoms with van der Waals surface area (Å²) >= 11 is 0. The predicted octanol–water partition coefficient (Wildman–Crippen LogP) is 2.13. The van der Waals surface area contributed by atoms with Gasteiger partial charge in [0, 0.05) is 31.4 Å². The van der Waals surface area contributed by atoms with Crippen LogP contribution in [0.1, 0.15) is 24.0 Å². The first-order valence-electron chi connectivity index (χ1n) is 6.89. The van der Waals surface area contributed by atoms with Crippen LogP contribution in [0.25, 0.3) is 0 Å². The molecule has 0 saturated heterocycles. The molecule has 1 aromatic carbocycles. The molecule has 2 aromatic rings. The van der Waals surface area contributed by atoms with E-state index in [1.165, 1.54) is 5.56 Å². The molecule has 1 saturated carbocycles. The van der Waals surface area contributed by atoms with Gasteiger partial charge in [-0.15, -0.1) is 0 Å². The van der Waals surface area contributed by atoms with E-state index in [1.807, 2.05) is 37.6 Å². The summed E-state index contributed by atoms with van der Waals surface area (Å²) in [6, 6.07) is 13.0. The lowest BCUT2D eigenvalue weighted by molar-refractivity contribution is 0.225. The first kappa shape index (κ1) is 12.9. The van der Waals surface area contributed by atoms with Gasteiger partial charge in [0.15, 0.2) is 0 Å². The van der Waals surface area contributed by atoms with Crippen molar-refractivity contribution in [3.63, 3.8) is 0 Å². The number of hydrogen-bond donors (Lipinski definition) is 1. The van der Waals surface area contributed by atoms with Gasteiger partial charge in [-0.3, -0.25) is 4.68 Å². The molecule has 0 atom stereocenters. The molecule has 1 heterocycles. The molecular formula is C16H18N4. The smallest absolute Gasteiger partial charge is 0.0852 e. The topological polar surface area (TPSA) is 53.6 Å². The Bertz CT molecular complexity index is 617. The number of hydrogen-bond acceptors (Lipinski definition) is 3. The van der Waals surface area contributed by atoms with Crippen LogP contribution in [0.5, 0.6) is 0 Å². The van der Waals surface area contributed by atoms with Crippen molar-refractivity contribution in [1.29, 1.82) is 5.26 Å². The summed E-state index contributed by atoms with van der Waals surface area (Å²) < 4.78 is 1.81. The molecule has 102 valence electrons. The lowest BCUT2D eigenvalue weighted by Gasteiger charge is -2.43. The highest BCUT2D eigenvalue weighted by Gasteiger charge is 2.45. The molecule has 3 rings (SSSR count). The highest BCUT2D eigenvalue weighted by molar-refractivity contribution is 5.36. The number of aryl methyl sites for hydroxylation is 1. The molecule has 0 aliphatic heterocycles. The van der Waals surface area contributed by atoms with E-state index >= 15 is 0 Å². The van der Waals surface area contributed by atoms with Gasteiger partial charge < -0.3 is 5.32 Å². The molecule has 4 heteroatoms. The monoisotopic (exact) mass is 266 g/mol. The third kappa shape index (κ3) is 2.33. The number of nitrogens with zero attached hydrogens (tertiary/aromatic N) is 3. The van der Waals surface area contributed by atoms with Crippen LogP contribution in [0.15, 0.2) is 42.7 Å². The summed E-state index contributed by atoms with van der Waals surface area (Å²) in [5.41, 5.74) is 2.03. The average molecular weight is 266 g/mol. The van der Waals surface area contributed by atoms with Crippen molar-refractivity contribution in [3.8, 4) is 6.07 Å². The molecule has 0 unspecified atom stereocenters. The molecule has 1 aliphatic rings. The maximum atomic E-state index is 9.51. The first-order chi connectivity index (χ1) is 9.72. The summed E-state index contributed by atoms with van der Waals surface area (Å²) in [6.07, 6.45) is 5.66. The van der Waals surface area contributed by atoms with Gasteiger partial charge in [0.1, 0.15) is 0 Å². The molecule has 0 spiro atoms. The van der Waals surface area contributed by atoms with Gasteiger partial charge in [-0.2, -0.15) is 10.4 Å². The Morgan fingerprint density at radius 3 is 2.75 bits per heavy atom. The third-order valence-corrected chi connectivity index (χ3v) is 4.08. The SMILES string of the molecule is Cn1cc(CNC2CC(C#N)(c3ccccc3)C2)cn1. The van der Waals surface area contributed by atoms with Crippen LogP contribution >= 0.6 is 0 Å². The summed E-state index contributed by atoms with van der Waals surface area (Å²) in [5.74, 6) is 0. The Morgan fingerprint density at radius 1 is 1.40 bits per heavy atom. The summed E-state index contributed by atoms with van der Waals surface area (Å²) in [7, 11) is 1.92. The lowest BCUT2D eigenvalue weighted by atomic mass is 9.62. The first-order valence-corrected chi connectivity index (χ1v) is 6.89. The zero-order valence-corrected chi connectivity index (χ0v) is 11.6. The zero-order chi connectivity index (χ0) is 14.0. The highest BCUT2D eigenvalue weighted by atomic mass is 15.2. The van der Waals surface area contributed by atoms with Crippen molar-refractivity contribution in [2.75, 3.05) is 0 Å². The number of nitrogens with one attached hydrogen (secondary N) is 1. The van der Waals surface area contributed by atoms with E-state index in [-0.39, 0.29) is 5.41 Å². The summed E-state index contributed by atoms with van der Waals surface area (Å²) in [4.78, 5) is 0. The lowest BCUT2D eigenvalue weighted by Crippen LogP contribution is -2.50. The second-order valence-corrected chi connectivity index (χ2v) is 5.57. The minimum atomic E-state index is -0.298. The van der Waals surface area contributed by atoms with E-state index in [9.17, 15) is 5.26 Å². The van der Waals surface area contributed by atoms with Crippen molar-refractivity contribution >= 4 is 0 Å². The zero-order valence-electron chi connectivity index (χ0n) is 11.6. The van der Waals surface area contributed by atoms with Gasteiger partial charge in [0.25, 0.3) is 0 Å². The Labute approximate surface area is 119 Å². The highest BCUT2D eigenvalue weighted by Crippen LogP contribution is 2.43. The fourth-order valence-corrected chi connectivity index (χ4v) is 2.90. The van der Waals surface area contributed by atoms with Gasteiger partial charge in [-0.25, -0.2) is 0 Å². The Kier molecular flexibility index (Phi) is 3.29. The molecule has 1 fully saturated rings. The Hall–Kier alpha value is -2.12. The summed E-state index contributed by atoms with van der Waals surface area (Å²) in [5, 5.41) is 17.2. The molecule has 4 nitrogen and oxygen atoms in total. The normalized spacial score (nSPS) is 24.9. The van der Waals surface area contributed by atoms with E-state index in [2.05, 4.69) is 28.6 Å². The minimum Gasteiger partial charge on any atom is -0.310 e. The van der Waals surface area contributed by atoms with Crippen molar-refractivity contribution in [1.82, 2.24) is 15.1 Å². The third-order valence-electron chi connectivity index (χ3n) is 4.08. The predicted molar refractivity (Wildman–Crippen MR) is 76.8 cm³/mol. The molecule has 1 aliphatic carbocycles. The molecule has 0 amide bonds. The van der Waals surface area contributed by atoms with Gasteiger partial charge in [-0.05, 0) is 18.4 Å². The second kappa shape index (κ2) is 5.10. The van der Waals surface area contributed by atoms with Gasteiger partial charge in [-0.1, -0.05) is 30.3 Å². The van der Waals surface area contributed by atoms with Crippen molar-refractivity contribution in [2.24, 2.45) is 7.05 Å². The molecule has 0 bridgehead atoms. The van der Waals surface area contributed by atoms with E-state index in [4.69, 9.17) is 0 Å². The van der Waals surface area contributed by atoms with Crippen LogP contribution in [-0.2, 0) is 19.0 Å². The largest absolute Gasteiger partial charge is 0.310 e.